The van der Waals surface area contributed by atoms with Crippen LogP contribution in [-0.2, 0) is 10.2 Å². The Kier molecular flexibility index (Phi) is 5.38. The second-order valence-electron chi connectivity index (χ2n) is 6.30. The Morgan fingerprint density at radius 2 is 1.92 bits per heavy atom. The topological polar surface area (TPSA) is 66.4 Å². The SMILES string of the molecule is CN(C)S(=O)(=O)N1CCC(c2cncc(-c3cccc(Cl)c3)n2)CC1. The van der Waals surface area contributed by atoms with Gasteiger partial charge in [-0.1, -0.05) is 23.7 Å². The van der Waals surface area contributed by atoms with Crippen molar-refractivity contribution in [1.82, 2.24) is 18.6 Å². The minimum atomic E-state index is -3.35. The summed E-state index contributed by atoms with van der Waals surface area (Å²) in [5.74, 6) is 0.209. The standard InChI is InChI=1S/C17H21ClN4O2S/c1-21(2)25(23,24)22-8-6-13(7-9-22)16-11-19-12-17(20-16)14-4-3-5-15(18)10-14/h3-5,10-13H,6-9H2,1-2H3. The molecule has 25 heavy (non-hydrogen) atoms. The highest BCUT2D eigenvalue weighted by Gasteiger charge is 2.30. The molecule has 0 aliphatic carbocycles. The lowest BCUT2D eigenvalue weighted by atomic mass is 9.95. The summed E-state index contributed by atoms with van der Waals surface area (Å²) in [6, 6.07) is 7.52. The van der Waals surface area contributed by atoms with Crippen LogP contribution >= 0.6 is 11.6 Å². The number of benzene rings is 1. The summed E-state index contributed by atoms with van der Waals surface area (Å²) >= 11 is 6.05. The molecule has 0 unspecified atom stereocenters. The lowest BCUT2D eigenvalue weighted by molar-refractivity contribution is 0.300. The monoisotopic (exact) mass is 380 g/mol. The van der Waals surface area contributed by atoms with Gasteiger partial charge in [0.05, 0.1) is 17.6 Å². The predicted octanol–water partition coefficient (Wildman–Crippen LogP) is 2.78. The third kappa shape index (κ3) is 4.00. The summed E-state index contributed by atoms with van der Waals surface area (Å²) in [4.78, 5) is 9.05. The lowest BCUT2D eigenvalue weighted by Crippen LogP contribution is -2.44. The Balaban J connectivity index is 1.75. The van der Waals surface area contributed by atoms with E-state index in [1.165, 1.54) is 8.61 Å². The van der Waals surface area contributed by atoms with Gasteiger partial charge in [-0.3, -0.25) is 4.98 Å². The van der Waals surface area contributed by atoms with Gasteiger partial charge in [0.1, 0.15) is 0 Å². The highest BCUT2D eigenvalue weighted by molar-refractivity contribution is 7.86. The fraction of sp³-hybridized carbons (Fsp3) is 0.412. The molecule has 8 heteroatoms. The molecule has 2 heterocycles. The molecular formula is C17H21ClN4O2S. The van der Waals surface area contributed by atoms with Crippen molar-refractivity contribution in [3.05, 3.63) is 47.4 Å². The van der Waals surface area contributed by atoms with Crippen LogP contribution in [0.1, 0.15) is 24.5 Å². The molecule has 0 saturated carbocycles. The van der Waals surface area contributed by atoms with Gasteiger partial charge in [0, 0.05) is 49.9 Å². The van der Waals surface area contributed by atoms with Crippen molar-refractivity contribution in [2.45, 2.75) is 18.8 Å². The van der Waals surface area contributed by atoms with Crippen molar-refractivity contribution < 1.29 is 8.42 Å². The summed E-state index contributed by atoms with van der Waals surface area (Å²) in [5.41, 5.74) is 2.61. The average Bonchev–Trinajstić information content (AvgIpc) is 2.62. The van der Waals surface area contributed by atoms with Gasteiger partial charge in [0.2, 0.25) is 0 Å². The van der Waals surface area contributed by atoms with Gasteiger partial charge in [0.15, 0.2) is 0 Å². The number of hydrogen-bond donors (Lipinski definition) is 0. The largest absolute Gasteiger partial charge is 0.281 e. The molecule has 1 aromatic carbocycles. The first-order valence-corrected chi connectivity index (χ1v) is 9.91. The molecule has 1 saturated heterocycles. The molecular weight excluding hydrogens is 360 g/mol. The van der Waals surface area contributed by atoms with Crippen LogP contribution in [-0.4, -0.2) is 54.2 Å². The quantitative estimate of drug-likeness (QED) is 0.818. The molecule has 3 rings (SSSR count). The number of hydrogen-bond acceptors (Lipinski definition) is 4. The van der Waals surface area contributed by atoms with E-state index in [1.54, 1.807) is 26.5 Å². The zero-order chi connectivity index (χ0) is 18.0. The Bertz CT molecular complexity index is 849. The normalized spacial score (nSPS) is 17.1. The van der Waals surface area contributed by atoms with Gasteiger partial charge in [-0.2, -0.15) is 17.0 Å². The second kappa shape index (κ2) is 7.37. The molecule has 0 radical (unpaired) electrons. The molecule has 0 bridgehead atoms. The van der Waals surface area contributed by atoms with E-state index < -0.39 is 10.2 Å². The van der Waals surface area contributed by atoms with E-state index in [-0.39, 0.29) is 5.92 Å². The van der Waals surface area contributed by atoms with Crippen molar-refractivity contribution in [3.8, 4) is 11.3 Å². The number of aromatic nitrogens is 2. The van der Waals surface area contributed by atoms with E-state index in [0.717, 1.165) is 29.8 Å². The maximum absolute atomic E-state index is 12.2. The second-order valence-corrected chi connectivity index (χ2v) is 8.88. The fourth-order valence-electron chi connectivity index (χ4n) is 2.98. The Morgan fingerprint density at radius 1 is 1.20 bits per heavy atom. The minimum absolute atomic E-state index is 0.209. The molecule has 2 aromatic rings. The van der Waals surface area contributed by atoms with Gasteiger partial charge in [0.25, 0.3) is 10.2 Å². The molecule has 1 fully saturated rings. The highest BCUT2D eigenvalue weighted by Crippen LogP contribution is 2.29. The zero-order valence-corrected chi connectivity index (χ0v) is 15.8. The third-order valence-electron chi connectivity index (χ3n) is 4.43. The summed E-state index contributed by atoms with van der Waals surface area (Å²) in [6.45, 7) is 0.989. The zero-order valence-electron chi connectivity index (χ0n) is 14.3. The van der Waals surface area contributed by atoms with Gasteiger partial charge in [-0.15, -0.1) is 0 Å². The van der Waals surface area contributed by atoms with Crippen molar-refractivity contribution in [2.75, 3.05) is 27.2 Å². The van der Waals surface area contributed by atoms with E-state index >= 15 is 0 Å². The summed E-state index contributed by atoms with van der Waals surface area (Å²) in [5, 5.41) is 0.659. The first kappa shape index (κ1) is 18.3. The van der Waals surface area contributed by atoms with Gasteiger partial charge in [-0.25, -0.2) is 4.98 Å². The van der Waals surface area contributed by atoms with Crippen LogP contribution in [0.3, 0.4) is 0 Å². The first-order chi connectivity index (χ1) is 11.9. The van der Waals surface area contributed by atoms with E-state index in [1.807, 2.05) is 24.3 Å². The number of rotatable bonds is 4. The Labute approximate surface area is 153 Å². The summed E-state index contributed by atoms with van der Waals surface area (Å²) in [6.07, 6.45) is 4.97. The highest BCUT2D eigenvalue weighted by atomic mass is 35.5. The van der Waals surface area contributed by atoms with Crippen LogP contribution < -0.4 is 0 Å². The van der Waals surface area contributed by atoms with Gasteiger partial charge >= 0.3 is 0 Å². The first-order valence-electron chi connectivity index (χ1n) is 8.13. The van der Waals surface area contributed by atoms with E-state index in [9.17, 15) is 8.42 Å². The third-order valence-corrected chi connectivity index (χ3v) is 6.61. The molecule has 134 valence electrons. The van der Waals surface area contributed by atoms with Crippen molar-refractivity contribution in [2.24, 2.45) is 0 Å². The molecule has 1 aliphatic rings. The van der Waals surface area contributed by atoms with Crippen LogP contribution in [0, 0.1) is 0 Å². The van der Waals surface area contributed by atoms with Crippen LogP contribution in [0.4, 0.5) is 0 Å². The van der Waals surface area contributed by atoms with Crippen molar-refractivity contribution >= 4 is 21.8 Å². The van der Waals surface area contributed by atoms with E-state index in [2.05, 4.69) is 4.98 Å². The maximum Gasteiger partial charge on any atom is 0.281 e. The molecule has 1 aromatic heterocycles. The van der Waals surface area contributed by atoms with Gasteiger partial charge in [-0.05, 0) is 25.0 Å². The number of halogens is 1. The minimum Gasteiger partial charge on any atom is -0.261 e. The van der Waals surface area contributed by atoms with Crippen molar-refractivity contribution in [1.29, 1.82) is 0 Å². The van der Waals surface area contributed by atoms with Crippen LogP contribution in [0.2, 0.25) is 5.02 Å². The molecule has 0 atom stereocenters. The van der Waals surface area contributed by atoms with Gasteiger partial charge < -0.3 is 0 Å². The molecule has 0 amide bonds. The lowest BCUT2D eigenvalue weighted by Gasteiger charge is -2.32. The van der Waals surface area contributed by atoms with E-state index in [4.69, 9.17) is 16.6 Å². The van der Waals surface area contributed by atoms with Crippen molar-refractivity contribution in [3.63, 3.8) is 0 Å². The number of piperidine rings is 1. The Morgan fingerprint density at radius 3 is 2.56 bits per heavy atom. The maximum atomic E-state index is 12.2. The molecule has 0 spiro atoms. The Hall–Kier alpha value is -1.54. The summed E-state index contributed by atoms with van der Waals surface area (Å²) < 4.78 is 27.2. The van der Waals surface area contributed by atoms with Crippen LogP contribution in [0.5, 0.6) is 0 Å². The average molecular weight is 381 g/mol. The molecule has 6 nitrogen and oxygen atoms in total. The summed E-state index contributed by atoms with van der Waals surface area (Å²) in [7, 11) is -0.232. The fourth-order valence-corrected chi connectivity index (χ4v) is 4.30. The smallest absolute Gasteiger partial charge is 0.261 e. The molecule has 1 aliphatic heterocycles. The molecule has 0 N–H and O–H groups in total. The predicted molar refractivity (Wildman–Crippen MR) is 98.6 cm³/mol. The van der Waals surface area contributed by atoms with E-state index in [0.29, 0.717) is 18.1 Å². The van der Waals surface area contributed by atoms with Crippen LogP contribution in [0.25, 0.3) is 11.3 Å². The number of nitrogens with zero attached hydrogens (tertiary/aromatic N) is 4. The van der Waals surface area contributed by atoms with Crippen LogP contribution in [0.15, 0.2) is 36.7 Å².